The number of carbonyl (C=O) groups excluding carboxylic acids is 1. The van der Waals surface area contributed by atoms with Gasteiger partial charge in [-0.3, -0.25) is 13.8 Å². The highest BCUT2D eigenvalue weighted by molar-refractivity contribution is 7.93. The highest BCUT2D eigenvalue weighted by atomic mass is 32.2. The first-order valence-corrected chi connectivity index (χ1v) is 12.7. The van der Waals surface area contributed by atoms with Crippen molar-refractivity contribution in [2.24, 2.45) is 13.0 Å². The molecule has 4 heterocycles. The van der Waals surface area contributed by atoms with Crippen molar-refractivity contribution < 1.29 is 17.9 Å². The van der Waals surface area contributed by atoms with Crippen LogP contribution < -0.4 is 14.4 Å². The number of amides is 1. The fourth-order valence-corrected chi connectivity index (χ4v) is 6.21. The first kappa shape index (κ1) is 21.7. The van der Waals surface area contributed by atoms with Crippen LogP contribution in [0.1, 0.15) is 25.3 Å². The number of fused-ring (bicyclic) bond motifs is 1. The summed E-state index contributed by atoms with van der Waals surface area (Å²) in [5, 5.41) is 8.20. The zero-order chi connectivity index (χ0) is 23.3. The summed E-state index contributed by atoms with van der Waals surface area (Å²) < 4.78 is 34.2. The van der Waals surface area contributed by atoms with Crippen molar-refractivity contribution in [2.75, 3.05) is 23.1 Å². The first-order valence-electron chi connectivity index (χ1n) is 11.1. The lowest BCUT2D eigenvalue weighted by Gasteiger charge is -2.21. The second kappa shape index (κ2) is 8.02. The quantitative estimate of drug-likeness (QED) is 0.615. The van der Waals surface area contributed by atoms with Crippen molar-refractivity contribution in [2.45, 2.75) is 32.8 Å². The van der Waals surface area contributed by atoms with Crippen molar-refractivity contribution in [1.29, 1.82) is 0 Å². The van der Waals surface area contributed by atoms with E-state index in [-0.39, 0.29) is 23.7 Å². The van der Waals surface area contributed by atoms with E-state index in [1.165, 1.54) is 4.31 Å². The summed E-state index contributed by atoms with van der Waals surface area (Å²) in [5.41, 5.74) is 3.89. The number of anilines is 1. The molecular formula is C23H27N5O4S. The largest absolute Gasteiger partial charge is 0.474 e. The Morgan fingerprint density at radius 2 is 2.09 bits per heavy atom. The normalized spacial score (nSPS) is 20.9. The molecule has 2 aromatic heterocycles. The topological polar surface area (TPSA) is 106 Å². The molecule has 174 valence electrons. The van der Waals surface area contributed by atoms with Crippen molar-refractivity contribution in [3.63, 3.8) is 0 Å². The Bertz CT molecular complexity index is 1350. The third-order valence-corrected chi connectivity index (χ3v) is 8.27. The Morgan fingerprint density at radius 3 is 2.76 bits per heavy atom. The molecule has 1 aromatic carbocycles. The van der Waals surface area contributed by atoms with Gasteiger partial charge in [0.25, 0.3) is 0 Å². The third kappa shape index (κ3) is 4.03. The SMILES string of the molecule is Cc1cc(-c2cc3nn(C)cc3c(OC(C)C3CNC(=O)C3)n2)ccc1N1CCCS1(=O)=O. The molecule has 1 N–H and O–H groups in total. The van der Waals surface area contributed by atoms with Gasteiger partial charge in [0.05, 0.1) is 28.0 Å². The zero-order valence-electron chi connectivity index (χ0n) is 18.9. The lowest BCUT2D eigenvalue weighted by atomic mass is 10.0. The molecule has 0 aliphatic carbocycles. The number of aryl methyl sites for hydroxylation is 2. The van der Waals surface area contributed by atoms with Gasteiger partial charge in [-0.1, -0.05) is 6.07 Å². The van der Waals surface area contributed by atoms with Crippen LogP contribution in [0.5, 0.6) is 5.88 Å². The van der Waals surface area contributed by atoms with Crippen LogP contribution >= 0.6 is 0 Å². The summed E-state index contributed by atoms with van der Waals surface area (Å²) in [6.45, 7) is 4.97. The number of nitrogens with zero attached hydrogens (tertiary/aromatic N) is 4. The lowest BCUT2D eigenvalue weighted by molar-refractivity contribution is -0.119. The van der Waals surface area contributed by atoms with Crippen molar-refractivity contribution in [3.8, 4) is 17.1 Å². The van der Waals surface area contributed by atoms with Gasteiger partial charge in [-0.2, -0.15) is 5.10 Å². The molecule has 10 heteroatoms. The average molecular weight is 470 g/mol. The molecule has 3 aromatic rings. The molecule has 2 unspecified atom stereocenters. The maximum Gasteiger partial charge on any atom is 0.235 e. The van der Waals surface area contributed by atoms with E-state index in [2.05, 4.69) is 10.4 Å². The zero-order valence-corrected chi connectivity index (χ0v) is 19.7. The number of benzene rings is 1. The highest BCUT2D eigenvalue weighted by Crippen LogP contribution is 2.34. The summed E-state index contributed by atoms with van der Waals surface area (Å²) in [4.78, 5) is 16.4. The highest BCUT2D eigenvalue weighted by Gasteiger charge is 2.30. The van der Waals surface area contributed by atoms with Crippen molar-refractivity contribution in [1.82, 2.24) is 20.1 Å². The second-order valence-electron chi connectivity index (χ2n) is 8.88. The van der Waals surface area contributed by atoms with Gasteiger partial charge < -0.3 is 10.1 Å². The van der Waals surface area contributed by atoms with E-state index >= 15 is 0 Å². The van der Waals surface area contributed by atoms with E-state index in [0.717, 1.165) is 22.0 Å². The summed E-state index contributed by atoms with van der Waals surface area (Å²) >= 11 is 0. The minimum Gasteiger partial charge on any atom is -0.474 e. The molecule has 0 bridgehead atoms. The molecule has 5 rings (SSSR count). The molecule has 33 heavy (non-hydrogen) atoms. The number of sulfonamides is 1. The summed E-state index contributed by atoms with van der Waals surface area (Å²) in [5.74, 6) is 0.789. The number of carbonyl (C=O) groups is 1. The summed E-state index contributed by atoms with van der Waals surface area (Å²) in [6, 6.07) is 7.60. The number of nitrogens with one attached hydrogen (secondary N) is 1. The van der Waals surface area contributed by atoms with Crippen LogP contribution in [-0.2, 0) is 21.9 Å². The molecule has 0 spiro atoms. The number of hydrogen-bond donors (Lipinski definition) is 1. The van der Waals surface area contributed by atoms with Gasteiger partial charge in [0.1, 0.15) is 6.10 Å². The smallest absolute Gasteiger partial charge is 0.235 e. The van der Waals surface area contributed by atoms with Crippen LogP contribution in [0.25, 0.3) is 22.2 Å². The van der Waals surface area contributed by atoms with Crippen molar-refractivity contribution >= 4 is 32.5 Å². The Labute approximate surface area is 192 Å². The van der Waals surface area contributed by atoms with E-state index in [4.69, 9.17) is 9.72 Å². The number of aromatic nitrogens is 3. The predicted molar refractivity (Wildman–Crippen MR) is 126 cm³/mol. The van der Waals surface area contributed by atoms with Gasteiger partial charge in [0, 0.05) is 44.2 Å². The fraction of sp³-hybridized carbons (Fsp3) is 0.435. The molecule has 2 aliphatic heterocycles. The summed E-state index contributed by atoms with van der Waals surface area (Å²) in [6.07, 6.45) is 2.76. The monoisotopic (exact) mass is 469 g/mol. The first-order chi connectivity index (χ1) is 15.7. The molecule has 0 saturated carbocycles. The van der Waals surface area contributed by atoms with E-state index in [9.17, 15) is 13.2 Å². The standard InChI is InChI=1S/C23H27N5O4S/c1-14-9-16(5-6-21(14)28-7-4-8-33(28,30)31)19-11-20-18(13-27(3)26-20)23(25-19)32-15(2)17-10-22(29)24-12-17/h5-6,9,11,13,15,17H,4,7-8,10,12H2,1-3H3,(H,24,29). The van der Waals surface area contributed by atoms with Gasteiger partial charge in [-0.25, -0.2) is 13.4 Å². The number of hydrogen-bond acceptors (Lipinski definition) is 6. The molecule has 2 aliphatic rings. The molecular weight excluding hydrogens is 442 g/mol. The maximum atomic E-state index is 12.4. The van der Waals surface area contributed by atoms with E-state index < -0.39 is 10.0 Å². The average Bonchev–Trinajstić information content (AvgIpc) is 3.45. The lowest BCUT2D eigenvalue weighted by Crippen LogP contribution is -2.26. The molecule has 2 fully saturated rings. The van der Waals surface area contributed by atoms with Crippen LogP contribution in [0.4, 0.5) is 5.69 Å². The van der Waals surface area contributed by atoms with Gasteiger partial charge in [-0.05, 0) is 44.0 Å². The minimum atomic E-state index is -3.24. The molecule has 2 atom stereocenters. The molecule has 0 radical (unpaired) electrons. The Kier molecular flexibility index (Phi) is 5.27. The second-order valence-corrected chi connectivity index (χ2v) is 10.9. The number of ether oxygens (including phenoxy) is 1. The Hall–Kier alpha value is -3.14. The van der Waals surface area contributed by atoms with Gasteiger partial charge in [-0.15, -0.1) is 0 Å². The summed E-state index contributed by atoms with van der Waals surface area (Å²) in [7, 11) is -1.39. The van der Waals surface area contributed by atoms with Crippen molar-refractivity contribution in [3.05, 3.63) is 36.0 Å². The molecule has 2 saturated heterocycles. The van der Waals surface area contributed by atoms with Crippen LogP contribution in [0.2, 0.25) is 0 Å². The molecule has 9 nitrogen and oxygen atoms in total. The Balaban J connectivity index is 1.51. The Morgan fingerprint density at radius 1 is 1.27 bits per heavy atom. The van der Waals surface area contributed by atoms with E-state index in [1.54, 1.807) is 4.68 Å². The van der Waals surface area contributed by atoms with Gasteiger partial charge >= 0.3 is 0 Å². The van der Waals surface area contributed by atoms with E-state index in [1.807, 2.05) is 51.4 Å². The van der Waals surface area contributed by atoms with E-state index in [0.29, 0.717) is 43.2 Å². The van der Waals surface area contributed by atoms with Crippen LogP contribution in [0.15, 0.2) is 30.5 Å². The predicted octanol–water partition coefficient (Wildman–Crippen LogP) is 2.39. The van der Waals surface area contributed by atoms with Crippen LogP contribution in [0, 0.1) is 12.8 Å². The van der Waals surface area contributed by atoms with Crippen LogP contribution in [-0.4, -0.2) is 54.0 Å². The minimum absolute atomic E-state index is 0.0410. The maximum absolute atomic E-state index is 12.4. The van der Waals surface area contributed by atoms with Gasteiger partial charge in [0.2, 0.25) is 21.8 Å². The third-order valence-electron chi connectivity index (χ3n) is 6.41. The van der Waals surface area contributed by atoms with Crippen LogP contribution in [0.3, 0.4) is 0 Å². The van der Waals surface area contributed by atoms with Gasteiger partial charge in [0.15, 0.2) is 0 Å². The molecule has 1 amide bonds. The number of rotatable bonds is 5. The fourth-order valence-electron chi connectivity index (χ4n) is 4.58. The number of pyridine rings is 1.